The third kappa shape index (κ3) is 2.99. The Morgan fingerprint density at radius 1 is 1.33 bits per heavy atom. The van der Waals surface area contributed by atoms with Crippen LogP contribution in [0.4, 0.5) is 0 Å². The fraction of sp³-hybridized carbons (Fsp3) is 0.333. The summed E-state index contributed by atoms with van der Waals surface area (Å²) in [6.45, 7) is 3.05. The van der Waals surface area contributed by atoms with Gasteiger partial charge in [-0.15, -0.1) is 0 Å². The molecule has 1 aromatic carbocycles. The lowest BCUT2D eigenvalue weighted by molar-refractivity contribution is -0.117. The smallest absolute Gasteiger partial charge is 0.256 e. The second-order valence-corrected chi connectivity index (χ2v) is 6.08. The van der Waals surface area contributed by atoms with Crippen molar-refractivity contribution in [3.63, 3.8) is 0 Å². The molecule has 2 heterocycles. The number of carbonyl (C=O) groups excluding carboxylic acids is 2. The van der Waals surface area contributed by atoms with E-state index in [9.17, 15) is 9.59 Å². The van der Waals surface area contributed by atoms with Crippen LogP contribution in [0.3, 0.4) is 0 Å². The van der Waals surface area contributed by atoms with Crippen LogP contribution in [-0.2, 0) is 24.2 Å². The minimum Gasteiger partial charge on any atom is -0.497 e. The zero-order valence-corrected chi connectivity index (χ0v) is 13.9. The van der Waals surface area contributed by atoms with E-state index in [1.807, 2.05) is 30.0 Å². The Labute approximate surface area is 140 Å². The molecule has 2 amide bonds. The molecule has 0 saturated carbocycles. The van der Waals surface area contributed by atoms with Crippen molar-refractivity contribution in [3.05, 3.63) is 52.3 Å². The van der Waals surface area contributed by atoms with Crippen LogP contribution in [0, 0.1) is 6.92 Å². The molecule has 0 aliphatic carbocycles. The van der Waals surface area contributed by atoms with Gasteiger partial charge in [0.05, 0.1) is 19.1 Å². The van der Waals surface area contributed by atoms with Crippen molar-refractivity contribution in [2.75, 3.05) is 13.7 Å². The highest BCUT2D eigenvalue weighted by Crippen LogP contribution is 2.26. The summed E-state index contributed by atoms with van der Waals surface area (Å²) in [6.07, 6.45) is 2.57. The molecular formula is C18H21N3O3. The van der Waals surface area contributed by atoms with Crippen LogP contribution in [0.25, 0.3) is 0 Å². The predicted octanol–water partition coefficient (Wildman–Crippen LogP) is 1.56. The molecule has 126 valence electrons. The fourth-order valence-corrected chi connectivity index (χ4v) is 3.18. The van der Waals surface area contributed by atoms with Crippen molar-refractivity contribution in [2.24, 2.45) is 5.73 Å². The first-order valence-corrected chi connectivity index (χ1v) is 7.89. The summed E-state index contributed by atoms with van der Waals surface area (Å²) < 4.78 is 5.25. The number of aryl methyl sites for hydroxylation is 1. The Hall–Kier alpha value is -2.76. The third-order valence-electron chi connectivity index (χ3n) is 4.44. The van der Waals surface area contributed by atoms with E-state index in [2.05, 4.69) is 4.98 Å². The number of ether oxygens (including phenoxy) is 1. The van der Waals surface area contributed by atoms with Gasteiger partial charge in [-0.05, 0) is 42.2 Å². The third-order valence-corrected chi connectivity index (χ3v) is 4.44. The average molecular weight is 327 g/mol. The van der Waals surface area contributed by atoms with Crippen LogP contribution in [0.5, 0.6) is 5.75 Å². The Balaban J connectivity index is 1.84. The number of carbonyl (C=O) groups is 2. The predicted molar refractivity (Wildman–Crippen MR) is 89.9 cm³/mol. The SMILES string of the molecule is COc1ccc2c(c1)CCN(C(=O)c1c(C)c[nH]c1CC(N)=O)C2. The van der Waals surface area contributed by atoms with Crippen LogP contribution in [-0.4, -0.2) is 35.4 Å². The van der Waals surface area contributed by atoms with Gasteiger partial charge in [0.15, 0.2) is 0 Å². The fourth-order valence-electron chi connectivity index (χ4n) is 3.18. The summed E-state index contributed by atoms with van der Waals surface area (Å²) in [5.74, 6) is 0.312. The normalized spacial score (nSPS) is 13.5. The molecule has 0 unspecified atom stereocenters. The summed E-state index contributed by atoms with van der Waals surface area (Å²) in [5.41, 5.74) is 9.59. The Kier molecular flexibility index (Phi) is 4.29. The van der Waals surface area contributed by atoms with E-state index >= 15 is 0 Å². The van der Waals surface area contributed by atoms with Crippen LogP contribution in [0.2, 0.25) is 0 Å². The van der Waals surface area contributed by atoms with E-state index in [4.69, 9.17) is 10.5 Å². The molecule has 3 N–H and O–H groups in total. The maximum Gasteiger partial charge on any atom is 0.256 e. The van der Waals surface area contributed by atoms with Crippen LogP contribution in [0.15, 0.2) is 24.4 Å². The molecule has 0 bridgehead atoms. The topological polar surface area (TPSA) is 88.4 Å². The number of benzene rings is 1. The number of aromatic nitrogens is 1. The highest BCUT2D eigenvalue weighted by atomic mass is 16.5. The second kappa shape index (κ2) is 6.39. The monoisotopic (exact) mass is 327 g/mol. The number of hydrogen-bond donors (Lipinski definition) is 2. The quantitative estimate of drug-likeness (QED) is 0.893. The molecule has 1 aliphatic heterocycles. The number of rotatable bonds is 4. The molecule has 0 saturated heterocycles. The lowest BCUT2D eigenvalue weighted by atomic mass is 9.98. The average Bonchev–Trinajstić information content (AvgIpc) is 2.92. The number of amides is 2. The molecule has 2 aromatic rings. The van der Waals surface area contributed by atoms with Gasteiger partial charge in [0.2, 0.25) is 5.91 Å². The van der Waals surface area contributed by atoms with Gasteiger partial charge in [-0.2, -0.15) is 0 Å². The highest BCUT2D eigenvalue weighted by molar-refractivity contribution is 5.98. The molecule has 0 fully saturated rings. The Morgan fingerprint density at radius 3 is 2.83 bits per heavy atom. The van der Waals surface area contributed by atoms with Crippen molar-refractivity contribution < 1.29 is 14.3 Å². The van der Waals surface area contributed by atoms with Gasteiger partial charge in [-0.1, -0.05) is 6.07 Å². The molecule has 0 spiro atoms. The summed E-state index contributed by atoms with van der Waals surface area (Å²) >= 11 is 0. The van der Waals surface area contributed by atoms with Crippen molar-refractivity contribution in [1.82, 2.24) is 9.88 Å². The van der Waals surface area contributed by atoms with Crippen molar-refractivity contribution >= 4 is 11.8 Å². The lowest BCUT2D eigenvalue weighted by Gasteiger charge is -2.29. The molecule has 6 nitrogen and oxygen atoms in total. The molecule has 3 rings (SSSR count). The van der Waals surface area contributed by atoms with Crippen LogP contribution in [0.1, 0.15) is 32.7 Å². The maximum atomic E-state index is 12.9. The number of H-pyrrole nitrogens is 1. The maximum absolute atomic E-state index is 12.9. The van der Waals surface area contributed by atoms with E-state index in [1.54, 1.807) is 13.3 Å². The van der Waals surface area contributed by atoms with Gasteiger partial charge in [-0.3, -0.25) is 9.59 Å². The number of nitrogens with two attached hydrogens (primary N) is 1. The molecular weight excluding hydrogens is 306 g/mol. The number of fused-ring (bicyclic) bond motifs is 1. The Bertz CT molecular complexity index is 795. The van der Waals surface area contributed by atoms with Crippen LogP contribution >= 0.6 is 0 Å². The first-order valence-electron chi connectivity index (χ1n) is 7.89. The summed E-state index contributed by atoms with van der Waals surface area (Å²) in [7, 11) is 1.65. The molecule has 24 heavy (non-hydrogen) atoms. The van der Waals surface area contributed by atoms with E-state index < -0.39 is 5.91 Å². The standard InChI is InChI=1S/C18H21N3O3/c1-11-9-20-15(8-16(19)22)17(11)18(23)21-6-5-12-7-14(24-2)4-3-13(12)10-21/h3-4,7,9,20H,5-6,8,10H2,1-2H3,(H2,19,22). The zero-order valence-electron chi connectivity index (χ0n) is 13.9. The minimum atomic E-state index is -0.456. The minimum absolute atomic E-state index is 0.0382. The number of methoxy groups -OCH3 is 1. The number of nitrogens with one attached hydrogen (secondary N) is 1. The molecule has 6 heteroatoms. The number of nitrogens with zero attached hydrogens (tertiary/aromatic N) is 1. The Morgan fingerprint density at radius 2 is 2.12 bits per heavy atom. The van der Waals surface area contributed by atoms with E-state index in [-0.39, 0.29) is 12.3 Å². The van der Waals surface area contributed by atoms with Crippen LogP contribution < -0.4 is 10.5 Å². The summed E-state index contributed by atoms with van der Waals surface area (Å²) in [6, 6.07) is 5.94. The zero-order chi connectivity index (χ0) is 17.3. The summed E-state index contributed by atoms with van der Waals surface area (Å²) in [4.78, 5) is 29.0. The molecule has 0 atom stereocenters. The number of aromatic amines is 1. The van der Waals surface area contributed by atoms with Gasteiger partial charge < -0.3 is 20.4 Å². The highest BCUT2D eigenvalue weighted by Gasteiger charge is 2.26. The van der Waals surface area contributed by atoms with E-state index in [1.165, 1.54) is 5.56 Å². The molecule has 1 aliphatic rings. The second-order valence-electron chi connectivity index (χ2n) is 6.08. The summed E-state index contributed by atoms with van der Waals surface area (Å²) in [5, 5.41) is 0. The molecule has 0 radical (unpaired) electrons. The van der Waals surface area contributed by atoms with Crippen molar-refractivity contribution in [2.45, 2.75) is 26.3 Å². The number of primary amides is 1. The van der Waals surface area contributed by atoms with Gasteiger partial charge in [0.1, 0.15) is 5.75 Å². The van der Waals surface area contributed by atoms with Gasteiger partial charge in [-0.25, -0.2) is 0 Å². The number of hydrogen-bond acceptors (Lipinski definition) is 3. The van der Waals surface area contributed by atoms with Gasteiger partial charge in [0.25, 0.3) is 5.91 Å². The van der Waals surface area contributed by atoms with E-state index in [0.29, 0.717) is 24.3 Å². The molecule has 1 aromatic heterocycles. The first-order chi connectivity index (χ1) is 11.5. The first kappa shape index (κ1) is 16.1. The van der Waals surface area contributed by atoms with Gasteiger partial charge in [0, 0.05) is 25.0 Å². The van der Waals surface area contributed by atoms with Gasteiger partial charge >= 0.3 is 0 Å². The lowest BCUT2D eigenvalue weighted by Crippen LogP contribution is -2.36. The van der Waals surface area contributed by atoms with Crippen molar-refractivity contribution in [3.8, 4) is 5.75 Å². The largest absolute Gasteiger partial charge is 0.497 e. The van der Waals surface area contributed by atoms with Crippen molar-refractivity contribution in [1.29, 1.82) is 0 Å². The van der Waals surface area contributed by atoms with E-state index in [0.717, 1.165) is 23.3 Å².